The van der Waals surface area contributed by atoms with Crippen molar-refractivity contribution in [1.29, 1.82) is 0 Å². The Labute approximate surface area is 304 Å². The lowest BCUT2D eigenvalue weighted by molar-refractivity contribution is -0.262. The number of piperidine rings is 2. The van der Waals surface area contributed by atoms with E-state index in [2.05, 4.69) is 4.90 Å². The van der Waals surface area contributed by atoms with Gasteiger partial charge in [0.2, 0.25) is 0 Å². The largest absolute Gasteiger partial charge is 0.465 e. The summed E-state index contributed by atoms with van der Waals surface area (Å²) in [4.78, 5) is 44.4. The number of likely N-dealkylation sites (tertiary alicyclic amines) is 2. The number of halogens is 6. The summed E-state index contributed by atoms with van der Waals surface area (Å²) < 4.78 is 42.6. The number of alkyl halides is 3. The van der Waals surface area contributed by atoms with Crippen LogP contribution in [0.2, 0.25) is 15.1 Å². The SMILES string of the molecule is CC(C)(C)N(C(=O)O)C1CN(C(=O)c2ccc(N3CCC(CC4CCN(C(=O)[C@](O)(c5cc(Cl)cc(Cl)c5)C(F)(F)F)CC4)CC3)cc2Cl)C1. The van der Waals surface area contributed by atoms with Gasteiger partial charge in [-0.3, -0.25) is 14.5 Å². The lowest BCUT2D eigenvalue weighted by atomic mass is 9.82. The Hall–Kier alpha value is -2.93. The van der Waals surface area contributed by atoms with Crippen molar-refractivity contribution in [2.45, 2.75) is 76.2 Å². The highest BCUT2D eigenvalue weighted by Crippen LogP contribution is 2.43. The molecule has 2 N–H and O–H groups in total. The summed E-state index contributed by atoms with van der Waals surface area (Å²) in [5.74, 6) is -1.02. The lowest BCUT2D eigenvalue weighted by Gasteiger charge is -2.49. The molecule has 3 amide bonds. The van der Waals surface area contributed by atoms with Gasteiger partial charge in [0.1, 0.15) is 0 Å². The van der Waals surface area contributed by atoms with Crippen LogP contribution in [-0.2, 0) is 10.4 Å². The molecule has 2 aromatic carbocycles. The van der Waals surface area contributed by atoms with Gasteiger partial charge >= 0.3 is 12.3 Å². The number of carbonyl (C=O) groups excluding carboxylic acids is 2. The Bertz CT molecular complexity index is 1580. The molecule has 0 aromatic heterocycles. The van der Waals surface area contributed by atoms with E-state index >= 15 is 0 Å². The molecule has 50 heavy (non-hydrogen) atoms. The van der Waals surface area contributed by atoms with Crippen molar-refractivity contribution >= 4 is 58.4 Å². The fourth-order valence-corrected chi connectivity index (χ4v) is 8.27. The summed E-state index contributed by atoms with van der Waals surface area (Å²) in [5.41, 5.74) is -3.78. The van der Waals surface area contributed by atoms with Gasteiger partial charge in [-0.15, -0.1) is 0 Å². The third kappa shape index (κ3) is 7.93. The first-order valence-electron chi connectivity index (χ1n) is 16.7. The van der Waals surface area contributed by atoms with E-state index in [-0.39, 0.29) is 41.0 Å². The molecule has 3 aliphatic rings. The van der Waals surface area contributed by atoms with Crippen LogP contribution in [-0.4, -0.2) is 99.8 Å². The van der Waals surface area contributed by atoms with Gasteiger partial charge in [-0.2, -0.15) is 13.2 Å². The Morgan fingerprint density at radius 3 is 1.86 bits per heavy atom. The van der Waals surface area contributed by atoms with Crippen molar-refractivity contribution in [2.24, 2.45) is 11.8 Å². The number of carbonyl (C=O) groups is 3. The summed E-state index contributed by atoms with van der Waals surface area (Å²) in [7, 11) is 0. The van der Waals surface area contributed by atoms with Gasteiger partial charge in [0.15, 0.2) is 0 Å². The number of nitrogens with zero attached hydrogens (tertiary/aromatic N) is 4. The van der Waals surface area contributed by atoms with Gasteiger partial charge in [-0.1, -0.05) is 34.8 Å². The smallest absolute Gasteiger partial charge is 0.430 e. The first kappa shape index (κ1) is 38.3. The monoisotopic (exact) mass is 760 g/mol. The molecule has 274 valence electrons. The van der Waals surface area contributed by atoms with Crippen molar-refractivity contribution in [3.8, 4) is 0 Å². The zero-order valence-corrected chi connectivity index (χ0v) is 30.4. The number of hydrogen-bond donors (Lipinski definition) is 2. The summed E-state index contributed by atoms with van der Waals surface area (Å²) in [6.07, 6.45) is -2.53. The zero-order chi connectivity index (χ0) is 36.8. The molecule has 0 radical (unpaired) electrons. The fourth-order valence-electron chi connectivity index (χ4n) is 7.49. The van der Waals surface area contributed by atoms with Gasteiger partial charge in [0, 0.05) is 66.1 Å². The number of carboxylic acid groups (broad SMARTS) is 1. The molecule has 0 saturated carbocycles. The van der Waals surface area contributed by atoms with E-state index < -0.39 is 34.9 Å². The topological polar surface area (TPSA) is 105 Å². The van der Waals surface area contributed by atoms with Crippen LogP contribution < -0.4 is 4.90 Å². The van der Waals surface area contributed by atoms with Crippen LogP contribution in [0.25, 0.3) is 0 Å². The highest BCUT2D eigenvalue weighted by Gasteiger charge is 2.62. The molecular weight excluding hydrogens is 720 g/mol. The number of amides is 3. The van der Waals surface area contributed by atoms with Crippen LogP contribution in [0.1, 0.15) is 68.8 Å². The number of hydrogen-bond acceptors (Lipinski definition) is 5. The molecule has 0 spiro atoms. The highest BCUT2D eigenvalue weighted by molar-refractivity contribution is 6.35. The van der Waals surface area contributed by atoms with E-state index in [4.69, 9.17) is 34.8 Å². The Kier molecular flexibility index (Phi) is 11.2. The fraction of sp³-hybridized carbons (Fsp3) is 0.571. The Morgan fingerprint density at radius 2 is 1.38 bits per heavy atom. The molecule has 3 aliphatic heterocycles. The number of benzene rings is 2. The van der Waals surface area contributed by atoms with Crippen molar-refractivity contribution in [2.75, 3.05) is 44.2 Å². The van der Waals surface area contributed by atoms with E-state index in [9.17, 15) is 37.8 Å². The minimum atomic E-state index is -5.28. The minimum Gasteiger partial charge on any atom is -0.465 e. The molecule has 0 unspecified atom stereocenters. The molecule has 15 heteroatoms. The van der Waals surface area contributed by atoms with Crippen molar-refractivity contribution in [1.82, 2.24) is 14.7 Å². The molecular formula is C35H42Cl3F3N4O5. The first-order chi connectivity index (χ1) is 23.3. The third-order valence-electron chi connectivity index (χ3n) is 10.2. The summed E-state index contributed by atoms with van der Waals surface area (Å²) >= 11 is 18.4. The van der Waals surface area contributed by atoms with E-state index in [0.717, 1.165) is 55.1 Å². The van der Waals surface area contributed by atoms with Gasteiger partial charge in [0.25, 0.3) is 17.4 Å². The second kappa shape index (κ2) is 14.6. The molecule has 3 saturated heterocycles. The average molecular weight is 762 g/mol. The summed E-state index contributed by atoms with van der Waals surface area (Å²) in [5, 5.41) is 20.6. The predicted octanol–water partition coefficient (Wildman–Crippen LogP) is 7.54. The van der Waals surface area contributed by atoms with E-state index in [1.54, 1.807) is 17.0 Å². The molecule has 5 rings (SSSR count). The molecule has 0 bridgehead atoms. The maximum absolute atomic E-state index is 14.2. The maximum Gasteiger partial charge on any atom is 0.430 e. The number of anilines is 1. The molecule has 9 nitrogen and oxygen atoms in total. The van der Waals surface area contributed by atoms with E-state index in [1.165, 1.54) is 11.0 Å². The molecule has 3 heterocycles. The Morgan fingerprint density at radius 1 is 0.840 bits per heavy atom. The molecule has 0 aliphatic carbocycles. The third-order valence-corrected chi connectivity index (χ3v) is 10.9. The first-order valence-corrected chi connectivity index (χ1v) is 17.8. The van der Waals surface area contributed by atoms with Gasteiger partial charge in [-0.25, -0.2) is 4.79 Å². The lowest BCUT2D eigenvalue weighted by Crippen LogP contribution is -2.66. The second-order valence-corrected chi connectivity index (χ2v) is 15.9. The van der Waals surface area contributed by atoms with Crippen LogP contribution in [0.15, 0.2) is 36.4 Å². The van der Waals surface area contributed by atoms with Crippen LogP contribution in [0.3, 0.4) is 0 Å². The maximum atomic E-state index is 14.2. The average Bonchev–Trinajstić information content (AvgIpc) is 3.00. The molecule has 1 atom stereocenters. The van der Waals surface area contributed by atoms with Gasteiger partial charge < -0.3 is 24.9 Å². The minimum absolute atomic E-state index is 0.102. The molecule has 2 aromatic rings. The van der Waals surface area contributed by atoms with Gasteiger partial charge in [0.05, 0.1) is 16.6 Å². The normalized spacial score (nSPS) is 19.6. The highest BCUT2D eigenvalue weighted by atomic mass is 35.5. The van der Waals surface area contributed by atoms with E-state index in [0.29, 0.717) is 42.4 Å². The van der Waals surface area contributed by atoms with Crippen LogP contribution >= 0.6 is 34.8 Å². The predicted molar refractivity (Wildman–Crippen MR) is 186 cm³/mol. The second-order valence-electron chi connectivity index (χ2n) is 14.6. The van der Waals surface area contributed by atoms with E-state index in [1.807, 2.05) is 26.8 Å². The Balaban J connectivity index is 1.11. The van der Waals surface area contributed by atoms with Crippen LogP contribution in [0.5, 0.6) is 0 Å². The number of rotatable bonds is 7. The number of aliphatic hydroxyl groups is 1. The quantitative estimate of drug-likeness (QED) is 0.302. The summed E-state index contributed by atoms with van der Waals surface area (Å²) in [6.45, 7) is 7.83. The van der Waals surface area contributed by atoms with Crippen molar-refractivity contribution in [3.05, 3.63) is 62.6 Å². The van der Waals surface area contributed by atoms with Crippen LogP contribution in [0, 0.1) is 11.8 Å². The zero-order valence-electron chi connectivity index (χ0n) is 28.2. The van der Waals surface area contributed by atoms with Crippen LogP contribution in [0.4, 0.5) is 23.7 Å². The van der Waals surface area contributed by atoms with Gasteiger partial charge in [-0.05, 0) is 101 Å². The standard InChI is InChI=1S/C35H42Cl3F3N4O5/c1-33(2,3)45(32(48)49)27-19-44(20-27)30(46)28-5-4-26(18-29(28)38)42-10-6-21(7-11-42)14-22-8-12-43(13-9-22)31(47)34(50,35(39,40)41)23-15-24(36)17-25(37)16-23/h4-5,15-18,21-22,27,50H,6-14,19-20H2,1-3H3,(H,48,49)/t34-/m1/s1. The van der Waals surface area contributed by atoms with Crippen molar-refractivity contribution in [3.63, 3.8) is 0 Å². The molecule has 3 fully saturated rings. The van der Waals surface area contributed by atoms with Crippen molar-refractivity contribution < 1.29 is 37.8 Å². The summed E-state index contributed by atoms with van der Waals surface area (Å²) in [6, 6.07) is 8.16.